The first kappa shape index (κ1) is 7.58. The minimum atomic E-state index is 0.205. The van der Waals surface area contributed by atoms with Crippen molar-refractivity contribution in [1.29, 1.82) is 0 Å². The first-order chi connectivity index (χ1) is 4.58. The maximum atomic E-state index is 10.9. The maximum absolute atomic E-state index is 10.9. The minimum absolute atomic E-state index is 0.205. The van der Waals surface area contributed by atoms with Crippen LogP contribution in [0, 0.1) is 5.41 Å². The van der Waals surface area contributed by atoms with E-state index in [1.807, 2.05) is 0 Å². The molecule has 1 saturated heterocycles. The number of hydrogen-bond donors (Lipinski definition) is 1. The van der Waals surface area contributed by atoms with Crippen LogP contribution in [0.5, 0.6) is 0 Å². The summed E-state index contributed by atoms with van der Waals surface area (Å²) in [5, 5.41) is 2.92. The average molecular weight is 141 g/mol. The molecule has 0 aromatic rings. The Hall–Kier alpha value is -0.530. The first-order valence-corrected chi connectivity index (χ1v) is 3.88. The van der Waals surface area contributed by atoms with E-state index >= 15 is 0 Å². The van der Waals surface area contributed by atoms with E-state index in [-0.39, 0.29) is 11.3 Å². The molecule has 1 amide bonds. The molecule has 0 aromatic heterocycles. The molecule has 1 rings (SSSR count). The Morgan fingerprint density at radius 3 is 2.60 bits per heavy atom. The summed E-state index contributed by atoms with van der Waals surface area (Å²) >= 11 is 0. The summed E-state index contributed by atoms with van der Waals surface area (Å²) in [5.74, 6) is 0.205. The van der Waals surface area contributed by atoms with Crippen molar-refractivity contribution in [2.45, 2.75) is 39.7 Å². The third-order valence-electron chi connectivity index (χ3n) is 2.79. The molecule has 0 radical (unpaired) electrons. The number of hydrogen-bond acceptors (Lipinski definition) is 1. The molecule has 10 heavy (non-hydrogen) atoms. The van der Waals surface area contributed by atoms with Crippen LogP contribution in [0.2, 0.25) is 0 Å². The summed E-state index contributed by atoms with van der Waals surface area (Å²) < 4.78 is 0. The van der Waals surface area contributed by atoms with Gasteiger partial charge >= 0.3 is 0 Å². The summed E-state index contributed by atoms with van der Waals surface area (Å²) in [6.45, 7) is 6.38. The van der Waals surface area contributed by atoms with Gasteiger partial charge in [0.1, 0.15) is 0 Å². The Kier molecular flexibility index (Phi) is 1.71. The van der Waals surface area contributed by atoms with Crippen LogP contribution in [-0.2, 0) is 4.79 Å². The van der Waals surface area contributed by atoms with Crippen molar-refractivity contribution in [3.05, 3.63) is 0 Å². The lowest BCUT2D eigenvalue weighted by molar-refractivity contribution is -0.119. The Balaban J connectivity index is 2.70. The highest BCUT2D eigenvalue weighted by Gasteiger charge is 2.38. The van der Waals surface area contributed by atoms with Crippen molar-refractivity contribution in [2.24, 2.45) is 5.41 Å². The monoisotopic (exact) mass is 141 g/mol. The van der Waals surface area contributed by atoms with E-state index in [2.05, 4.69) is 26.1 Å². The first-order valence-electron chi connectivity index (χ1n) is 3.88. The van der Waals surface area contributed by atoms with E-state index < -0.39 is 0 Å². The fourth-order valence-corrected chi connectivity index (χ4v) is 1.42. The Bertz CT molecular complexity index is 155. The van der Waals surface area contributed by atoms with E-state index in [4.69, 9.17) is 0 Å². The lowest BCUT2D eigenvalue weighted by atomic mass is 9.81. The predicted molar refractivity (Wildman–Crippen MR) is 40.6 cm³/mol. The number of nitrogens with one attached hydrogen (secondary N) is 1. The average Bonchev–Trinajstić information content (AvgIpc) is 2.09. The topological polar surface area (TPSA) is 29.1 Å². The van der Waals surface area contributed by atoms with Gasteiger partial charge in [0.05, 0.1) is 0 Å². The summed E-state index contributed by atoms with van der Waals surface area (Å²) in [4.78, 5) is 10.9. The van der Waals surface area contributed by atoms with E-state index in [9.17, 15) is 4.79 Å². The third kappa shape index (κ3) is 1.02. The fourth-order valence-electron chi connectivity index (χ4n) is 1.42. The Morgan fingerprint density at radius 2 is 2.40 bits per heavy atom. The van der Waals surface area contributed by atoms with Crippen LogP contribution in [0.25, 0.3) is 0 Å². The number of carbonyl (C=O) groups is 1. The summed E-state index contributed by atoms with van der Waals surface area (Å²) in [7, 11) is 0. The van der Waals surface area contributed by atoms with Crippen LogP contribution in [0.3, 0.4) is 0 Å². The van der Waals surface area contributed by atoms with Crippen LogP contribution in [0.15, 0.2) is 0 Å². The van der Waals surface area contributed by atoms with Crippen LogP contribution in [0.1, 0.15) is 33.6 Å². The SMILES string of the molecule is CCC1(C)CC(=O)NC1C. The summed E-state index contributed by atoms with van der Waals surface area (Å²) in [6.07, 6.45) is 1.78. The van der Waals surface area contributed by atoms with Crippen molar-refractivity contribution >= 4 is 5.91 Å². The molecule has 58 valence electrons. The van der Waals surface area contributed by atoms with Gasteiger partial charge in [0, 0.05) is 12.5 Å². The van der Waals surface area contributed by atoms with Gasteiger partial charge in [-0.2, -0.15) is 0 Å². The van der Waals surface area contributed by atoms with Crippen molar-refractivity contribution in [3.8, 4) is 0 Å². The van der Waals surface area contributed by atoms with Gasteiger partial charge in [0.2, 0.25) is 5.91 Å². The van der Waals surface area contributed by atoms with E-state index in [1.54, 1.807) is 0 Å². The van der Waals surface area contributed by atoms with E-state index in [0.717, 1.165) is 6.42 Å². The molecular formula is C8H15NO. The minimum Gasteiger partial charge on any atom is -0.353 e. The van der Waals surface area contributed by atoms with Gasteiger partial charge in [0.25, 0.3) is 0 Å². The molecule has 2 unspecified atom stereocenters. The van der Waals surface area contributed by atoms with Crippen molar-refractivity contribution in [2.75, 3.05) is 0 Å². The van der Waals surface area contributed by atoms with Gasteiger partial charge < -0.3 is 5.32 Å². The molecule has 0 spiro atoms. The van der Waals surface area contributed by atoms with Crippen LogP contribution in [-0.4, -0.2) is 11.9 Å². The smallest absolute Gasteiger partial charge is 0.220 e. The highest BCUT2D eigenvalue weighted by molar-refractivity contribution is 5.79. The molecule has 2 nitrogen and oxygen atoms in total. The molecule has 0 aromatic carbocycles. The molecule has 0 aliphatic carbocycles. The molecule has 2 heteroatoms. The number of amides is 1. The second-order valence-electron chi connectivity index (χ2n) is 3.47. The van der Waals surface area contributed by atoms with Gasteiger partial charge in [-0.05, 0) is 18.8 Å². The van der Waals surface area contributed by atoms with Crippen molar-refractivity contribution < 1.29 is 4.79 Å². The van der Waals surface area contributed by atoms with Gasteiger partial charge in [0.15, 0.2) is 0 Å². The fraction of sp³-hybridized carbons (Fsp3) is 0.875. The zero-order valence-electron chi connectivity index (χ0n) is 6.90. The zero-order chi connectivity index (χ0) is 7.78. The Labute approximate surface area is 62.0 Å². The van der Waals surface area contributed by atoms with Crippen LogP contribution >= 0.6 is 0 Å². The van der Waals surface area contributed by atoms with Gasteiger partial charge in [-0.3, -0.25) is 4.79 Å². The van der Waals surface area contributed by atoms with Crippen molar-refractivity contribution in [3.63, 3.8) is 0 Å². The highest BCUT2D eigenvalue weighted by Crippen LogP contribution is 2.34. The summed E-state index contributed by atoms with van der Waals surface area (Å²) in [5.41, 5.74) is 0.205. The molecular weight excluding hydrogens is 126 g/mol. The number of rotatable bonds is 1. The summed E-state index contributed by atoms with van der Waals surface area (Å²) in [6, 6.07) is 0.352. The van der Waals surface area contributed by atoms with Crippen LogP contribution in [0.4, 0.5) is 0 Å². The lowest BCUT2D eigenvalue weighted by Gasteiger charge is -2.25. The highest BCUT2D eigenvalue weighted by atomic mass is 16.2. The van der Waals surface area contributed by atoms with Gasteiger partial charge in [-0.15, -0.1) is 0 Å². The van der Waals surface area contributed by atoms with Gasteiger partial charge in [-0.1, -0.05) is 13.8 Å². The quantitative estimate of drug-likeness (QED) is 0.586. The zero-order valence-corrected chi connectivity index (χ0v) is 6.90. The second kappa shape index (κ2) is 2.26. The normalized spacial score (nSPS) is 39.9. The molecule has 2 atom stereocenters. The molecule has 1 N–H and O–H groups in total. The molecule has 0 saturated carbocycles. The molecule has 0 bridgehead atoms. The molecule has 1 aliphatic rings. The second-order valence-corrected chi connectivity index (χ2v) is 3.47. The van der Waals surface area contributed by atoms with Crippen molar-refractivity contribution in [1.82, 2.24) is 5.32 Å². The predicted octanol–water partition coefficient (Wildman–Crippen LogP) is 1.31. The lowest BCUT2D eigenvalue weighted by Crippen LogP contribution is -2.31. The Morgan fingerprint density at radius 1 is 1.80 bits per heavy atom. The van der Waals surface area contributed by atoms with Gasteiger partial charge in [-0.25, -0.2) is 0 Å². The van der Waals surface area contributed by atoms with E-state index in [1.165, 1.54) is 0 Å². The molecule has 1 aliphatic heterocycles. The molecule has 1 fully saturated rings. The van der Waals surface area contributed by atoms with Crippen LogP contribution < -0.4 is 5.32 Å². The standard InChI is InChI=1S/C8H15NO/c1-4-8(3)5-7(10)9-6(8)2/h6H,4-5H2,1-3H3,(H,9,10). The third-order valence-corrected chi connectivity index (χ3v) is 2.79. The van der Waals surface area contributed by atoms with E-state index in [0.29, 0.717) is 12.5 Å². The molecule has 1 heterocycles. The maximum Gasteiger partial charge on any atom is 0.220 e. The largest absolute Gasteiger partial charge is 0.353 e. The number of carbonyl (C=O) groups excluding carboxylic acids is 1.